The molecule has 18 heavy (non-hydrogen) atoms. The maximum atomic E-state index is 12.3. The second-order valence-electron chi connectivity index (χ2n) is 5.43. The minimum atomic E-state index is -0.342. The molecule has 1 N–H and O–H groups in total. The molecule has 4 heteroatoms. The van der Waals surface area contributed by atoms with E-state index >= 15 is 0 Å². The van der Waals surface area contributed by atoms with Gasteiger partial charge in [-0.25, -0.2) is 0 Å². The second-order valence-corrected chi connectivity index (χ2v) is 5.43. The zero-order valence-corrected chi connectivity index (χ0v) is 11.9. The molecule has 1 aliphatic heterocycles. The fourth-order valence-corrected chi connectivity index (χ4v) is 2.25. The van der Waals surface area contributed by atoms with Crippen LogP contribution in [0.1, 0.15) is 52.9 Å². The SMILES string of the molecule is CCCCCCN1CCC(=O)NC(C(C)C)C1=O. The highest BCUT2D eigenvalue weighted by Gasteiger charge is 2.31. The highest BCUT2D eigenvalue weighted by molar-refractivity contribution is 5.90. The number of unbranched alkanes of at least 4 members (excludes halogenated alkanes) is 3. The summed E-state index contributed by atoms with van der Waals surface area (Å²) in [7, 11) is 0. The van der Waals surface area contributed by atoms with Gasteiger partial charge in [0.15, 0.2) is 0 Å². The van der Waals surface area contributed by atoms with E-state index in [4.69, 9.17) is 0 Å². The number of carbonyl (C=O) groups is 2. The van der Waals surface area contributed by atoms with Crippen molar-refractivity contribution in [3.63, 3.8) is 0 Å². The smallest absolute Gasteiger partial charge is 0.245 e. The van der Waals surface area contributed by atoms with Crippen molar-refractivity contribution < 1.29 is 9.59 Å². The average Bonchev–Trinajstić information content (AvgIpc) is 2.46. The molecule has 0 aliphatic carbocycles. The van der Waals surface area contributed by atoms with E-state index in [0.29, 0.717) is 13.0 Å². The maximum Gasteiger partial charge on any atom is 0.245 e. The molecular weight excluding hydrogens is 228 g/mol. The number of hydrogen-bond donors (Lipinski definition) is 1. The highest BCUT2D eigenvalue weighted by Crippen LogP contribution is 2.12. The molecule has 1 unspecified atom stereocenters. The molecule has 0 aromatic heterocycles. The zero-order valence-electron chi connectivity index (χ0n) is 11.9. The van der Waals surface area contributed by atoms with Crippen molar-refractivity contribution in [1.29, 1.82) is 0 Å². The largest absolute Gasteiger partial charge is 0.344 e. The first-order valence-electron chi connectivity index (χ1n) is 7.14. The Morgan fingerprint density at radius 3 is 2.61 bits per heavy atom. The third-order valence-corrected chi connectivity index (χ3v) is 3.45. The monoisotopic (exact) mass is 254 g/mol. The first-order chi connectivity index (χ1) is 8.56. The van der Waals surface area contributed by atoms with Gasteiger partial charge in [-0.2, -0.15) is 0 Å². The summed E-state index contributed by atoms with van der Waals surface area (Å²) < 4.78 is 0. The zero-order chi connectivity index (χ0) is 13.5. The van der Waals surface area contributed by atoms with Gasteiger partial charge in [0.2, 0.25) is 11.8 Å². The number of nitrogens with zero attached hydrogens (tertiary/aromatic N) is 1. The molecule has 1 heterocycles. The lowest BCUT2D eigenvalue weighted by atomic mass is 10.0. The van der Waals surface area contributed by atoms with Gasteiger partial charge in [-0.1, -0.05) is 40.0 Å². The minimum Gasteiger partial charge on any atom is -0.344 e. The van der Waals surface area contributed by atoms with Gasteiger partial charge < -0.3 is 10.2 Å². The highest BCUT2D eigenvalue weighted by atomic mass is 16.2. The second kappa shape index (κ2) is 7.39. The van der Waals surface area contributed by atoms with Crippen molar-refractivity contribution in [1.82, 2.24) is 10.2 Å². The van der Waals surface area contributed by atoms with E-state index in [1.165, 1.54) is 12.8 Å². The van der Waals surface area contributed by atoms with Crippen LogP contribution >= 0.6 is 0 Å². The molecule has 0 aromatic rings. The van der Waals surface area contributed by atoms with Crippen molar-refractivity contribution in [2.24, 2.45) is 5.92 Å². The Bertz CT molecular complexity index is 290. The van der Waals surface area contributed by atoms with E-state index in [9.17, 15) is 9.59 Å². The van der Waals surface area contributed by atoms with E-state index < -0.39 is 0 Å². The van der Waals surface area contributed by atoms with Gasteiger partial charge in [-0.15, -0.1) is 0 Å². The van der Waals surface area contributed by atoms with Crippen LogP contribution in [0.2, 0.25) is 0 Å². The van der Waals surface area contributed by atoms with Crippen LogP contribution in [-0.2, 0) is 9.59 Å². The van der Waals surface area contributed by atoms with Gasteiger partial charge >= 0.3 is 0 Å². The van der Waals surface area contributed by atoms with Gasteiger partial charge in [0.05, 0.1) is 0 Å². The predicted octanol–water partition coefficient (Wildman–Crippen LogP) is 1.94. The van der Waals surface area contributed by atoms with Crippen LogP contribution in [0.4, 0.5) is 0 Å². The topological polar surface area (TPSA) is 49.4 Å². The van der Waals surface area contributed by atoms with Crippen molar-refractivity contribution in [2.45, 2.75) is 58.9 Å². The number of nitrogens with one attached hydrogen (secondary N) is 1. The number of amides is 2. The van der Waals surface area contributed by atoms with Gasteiger partial charge in [0.1, 0.15) is 6.04 Å². The van der Waals surface area contributed by atoms with E-state index in [-0.39, 0.29) is 23.8 Å². The van der Waals surface area contributed by atoms with Crippen LogP contribution in [-0.4, -0.2) is 35.8 Å². The van der Waals surface area contributed by atoms with Crippen molar-refractivity contribution in [3.05, 3.63) is 0 Å². The first-order valence-corrected chi connectivity index (χ1v) is 7.14. The first kappa shape index (κ1) is 15.0. The Labute approximate surface area is 110 Å². The molecule has 0 aromatic carbocycles. The van der Waals surface area contributed by atoms with Crippen LogP contribution in [0.3, 0.4) is 0 Å². The predicted molar refractivity (Wildman–Crippen MR) is 72.1 cm³/mol. The van der Waals surface area contributed by atoms with Crippen molar-refractivity contribution in [3.8, 4) is 0 Å². The van der Waals surface area contributed by atoms with E-state index in [0.717, 1.165) is 19.4 Å². The summed E-state index contributed by atoms with van der Waals surface area (Å²) in [5.74, 6) is 0.239. The summed E-state index contributed by atoms with van der Waals surface area (Å²) in [6.45, 7) is 7.48. The Kier molecular flexibility index (Phi) is 6.16. The van der Waals surface area contributed by atoms with Crippen molar-refractivity contribution >= 4 is 11.8 Å². The van der Waals surface area contributed by atoms with Gasteiger partial charge in [0, 0.05) is 19.5 Å². The van der Waals surface area contributed by atoms with Crippen LogP contribution in [0, 0.1) is 5.92 Å². The average molecular weight is 254 g/mol. The van der Waals surface area contributed by atoms with Gasteiger partial charge in [-0.05, 0) is 12.3 Å². The third kappa shape index (κ3) is 4.31. The maximum absolute atomic E-state index is 12.3. The fraction of sp³-hybridized carbons (Fsp3) is 0.857. The quantitative estimate of drug-likeness (QED) is 0.736. The summed E-state index contributed by atoms with van der Waals surface area (Å²) in [5, 5.41) is 2.83. The molecule has 1 aliphatic rings. The minimum absolute atomic E-state index is 0.00175. The van der Waals surface area contributed by atoms with Crippen LogP contribution in [0.15, 0.2) is 0 Å². The fourth-order valence-electron chi connectivity index (χ4n) is 2.25. The number of rotatable bonds is 6. The molecule has 2 amide bonds. The summed E-state index contributed by atoms with van der Waals surface area (Å²) in [6.07, 6.45) is 5.05. The Morgan fingerprint density at radius 1 is 1.28 bits per heavy atom. The summed E-state index contributed by atoms with van der Waals surface area (Å²) in [4.78, 5) is 25.7. The summed E-state index contributed by atoms with van der Waals surface area (Å²) >= 11 is 0. The summed E-state index contributed by atoms with van der Waals surface area (Å²) in [6, 6.07) is -0.342. The van der Waals surface area contributed by atoms with Crippen LogP contribution in [0.5, 0.6) is 0 Å². The lowest BCUT2D eigenvalue weighted by Gasteiger charge is -2.26. The van der Waals surface area contributed by atoms with Gasteiger partial charge in [-0.3, -0.25) is 9.59 Å². The molecule has 1 atom stereocenters. The van der Waals surface area contributed by atoms with Crippen molar-refractivity contribution in [2.75, 3.05) is 13.1 Å². The molecule has 104 valence electrons. The Morgan fingerprint density at radius 2 is 2.00 bits per heavy atom. The molecule has 0 spiro atoms. The standard InChI is InChI=1S/C14H26N2O2/c1-4-5-6-7-9-16-10-8-12(17)15-13(11(2)3)14(16)18/h11,13H,4-10H2,1-3H3,(H,15,17). The molecular formula is C14H26N2O2. The normalized spacial score (nSPS) is 21.1. The Hall–Kier alpha value is -1.06. The van der Waals surface area contributed by atoms with E-state index in [1.807, 2.05) is 18.7 Å². The van der Waals surface area contributed by atoms with E-state index in [2.05, 4.69) is 12.2 Å². The third-order valence-electron chi connectivity index (χ3n) is 3.45. The number of carbonyl (C=O) groups excluding carboxylic acids is 2. The lowest BCUT2D eigenvalue weighted by Crippen LogP contribution is -2.47. The molecule has 1 saturated heterocycles. The molecule has 1 fully saturated rings. The van der Waals surface area contributed by atoms with E-state index in [1.54, 1.807) is 0 Å². The molecule has 0 radical (unpaired) electrons. The Balaban J connectivity index is 2.54. The van der Waals surface area contributed by atoms with Crippen LogP contribution in [0.25, 0.3) is 0 Å². The molecule has 0 bridgehead atoms. The van der Waals surface area contributed by atoms with Crippen LogP contribution < -0.4 is 5.32 Å². The lowest BCUT2D eigenvalue weighted by molar-refractivity contribution is -0.134. The summed E-state index contributed by atoms with van der Waals surface area (Å²) in [5.41, 5.74) is 0. The molecule has 1 rings (SSSR count). The number of hydrogen-bond acceptors (Lipinski definition) is 2. The van der Waals surface area contributed by atoms with Gasteiger partial charge in [0.25, 0.3) is 0 Å². The molecule has 4 nitrogen and oxygen atoms in total. The molecule has 0 saturated carbocycles.